The van der Waals surface area contributed by atoms with Gasteiger partial charge in [0.15, 0.2) is 0 Å². The van der Waals surface area contributed by atoms with Crippen LogP contribution in [0.3, 0.4) is 0 Å². The summed E-state index contributed by atoms with van der Waals surface area (Å²) in [5.41, 5.74) is 15.6. The Morgan fingerprint density at radius 1 is 0.969 bits per heavy atom. The Kier molecular flexibility index (Phi) is 6.49. The van der Waals surface area contributed by atoms with Crippen LogP contribution in [0, 0.1) is 22.7 Å². The molecule has 0 spiro atoms. The van der Waals surface area contributed by atoms with Gasteiger partial charge in [-0.2, -0.15) is 10.5 Å². The van der Waals surface area contributed by atoms with Gasteiger partial charge in [-0.15, -0.1) is 11.8 Å². The topological polar surface area (TPSA) is 122 Å². The molecule has 4 N–H and O–H groups in total. The van der Waals surface area contributed by atoms with E-state index < -0.39 is 0 Å². The third-order valence-electron chi connectivity index (χ3n) is 5.58. The van der Waals surface area contributed by atoms with Crippen LogP contribution < -0.4 is 16.2 Å². The molecule has 1 fully saturated rings. The molecular weight excluding hydrogens is 418 g/mol. The average molecular weight is 442 g/mol. The second-order valence-electron chi connectivity index (χ2n) is 7.69. The number of rotatable bonds is 6. The maximum Gasteiger partial charge on any atom is 0.143 e. The molecule has 6 nitrogen and oxygen atoms in total. The van der Waals surface area contributed by atoms with Crippen molar-refractivity contribution in [2.75, 3.05) is 11.5 Å². The number of anilines is 2. The highest BCUT2D eigenvalue weighted by Crippen LogP contribution is 2.37. The molecule has 3 aromatic rings. The van der Waals surface area contributed by atoms with E-state index in [-0.39, 0.29) is 17.5 Å². The first kappa shape index (κ1) is 21.5. The summed E-state index contributed by atoms with van der Waals surface area (Å²) in [6, 6.07) is 19.4. The number of nitrogen functional groups attached to an aromatic ring is 2. The number of para-hydroxylation sites is 1. The average Bonchev–Trinajstić information content (AvgIpc) is 3.31. The Hall–Kier alpha value is -3.68. The maximum absolute atomic E-state index is 9.96. The van der Waals surface area contributed by atoms with Crippen molar-refractivity contribution < 1.29 is 4.74 Å². The summed E-state index contributed by atoms with van der Waals surface area (Å²) in [4.78, 5) is 4.36. The van der Waals surface area contributed by atoms with Crippen LogP contribution in [0.15, 0.2) is 53.6 Å². The van der Waals surface area contributed by atoms with Crippen LogP contribution in [0.1, 0.15) is 42.4 Å². The number of ether oxygens (including phenoxy) is 1. The van der Waals surface area contributed by atoms with Gasteiger partial charge in [0.1, 0.15) is 34.3 Å². The molecule has 2 aromatic carbocycles. The van der Waals surface area contributed by atoms with Crippen LogP contribution in [0.4, 0.5) is 11.5 Å². The third kappa shape index (κ3) is 4.49. The zero-order valence-electron chi connectivity index (χ0n) is 17.5. The van der Waals surface area contributed by atoms with Crippen molar-refractivity contribution >= 4 is 23.3 Å². The van der Waals surface area contributed by atoms with Gasteiger partial charge in [-0.1, -0.05) is 30.3 Å². The fourth-order valence-corrected chi connectivity index (χ4v) is 4.91. The van der Waals surface area contributed by atoms with Crippen molar-refractivity contribution in [1.29, 1.82) is 10.5 Å². The molecule has 4 rings (SSSR count). The van der Waals surface area contributed by atoms with Crippen molar-refractivity contribution in [2.24, 2.45) is 0 Å². The highest BCUT2D eigenvalue weighted by Gasteiger charge is 2.21. The maximum atomic E-state index is 9.96. The number of nitrogens with zero attached hydrogens (tertiary/aromatic N) is 3. The van der Waals surface area contributed by atoms with E-state index in [1.807, 2.05) is 48.5 Å². The number of benzene rings is 2. The van der Waals surface area contributed by atoms with Gasteiger partial charge in [0.25, 0.3) is 0 Å². The number of aromatic nitrogens is 1. The standard InChI is InChI=1S/C25H23N5OS/c26-13-20-23(16-9-11-19(12-10-16)31-18-6-2-3-7-18)21(14-27)25(30-24(20)29)32-15-17-5-1-4-8-22(17)28/h1,4-5,8-12,18H,2-3,6-7,15,28H2,(H2,29,30). The summed E-state index contributed by atoms with van der Waals surface area (Å²) >= 11 is 1.38. The number of thioether (sulfide) groups is 1. The van der Waals surface area contributed by atoms with E-state index in [1.165, 1.54) is 24.6 Å². The number of pyridine rings is 1. The Morgan fingerprint density at radius 3 is 2.31 bits per heavy atom. The van der Waals surface area contributed by atoms with E-state index in [9.17, 15) is 10.5 Å². The quantitative estimate of drug-likeness (QED) is 0.395. The van der Waals surface area contributed by atoms with E-state index in [1.54, 1.807) is 0 Å². The second kappa shape index (κ2) is 9.64. The van der Waals surface area contributed by atoms with E-state index >= 15 is 0 Å². The summed E-state index contributed by atoms with van der Waals surface area (Å²) in [6.45, 7) is 0. The molecule has 160 valence electrons. The molecule has 0 saturated heterocycles. The van der Waals surface area contributed by atoms with Crippen LogP contribution in [0.5, 0.6) is 5.75 Å². The van der Waals surface area contributed by atoms with Crippen LogP contribution in [0.25, 0.3) is 11.1 Å². The summed E-state index contributed by atoms with van der Waals surface area (Å²) in [7, 11) is 0. The summed E-state index contributed by atoms with van der Waals surface area (Å²) in [5, 5.41) is 20.2. The fourth-order valence-electron chi connectivity index (χ4n) is 3.90. The lowest BCUT2D eigenvalue weighted by molar-refractivity contribution is 0.210. The number of hydrogen-bond donors (Lipinski definition) is 2. The lowest BCUT2D eigenvalue weighted by Gasteiger charge is -2.15. The molecule has 1 aromatic heterocycles. The number of nitriles is 2. The van der Waals surface area contributed by atoms with Crippen molar-refractivity contribution in [2.45, 2.75) is 42.6 Å². The molecule has 0 aliphatic heterocycles. The van der Waals surface area contributed by atoms with Crippen LogP contribution in [-0.4, -0.2) is 11.1 Å². The second-order valence-corrected chi connectivity index (χ2v) is 8.65. The summed E-state index contributed by atoms with van der Waals surface area (Å²) in [5.74, 6) is 1.43. The van der Waals surface area contributed by atoms with Gasteiger partial charge < -0.3 is 16.2 Å². The molecule has 0 bridgehead atoms. The van der Waals surface area contributed by atoms with Crippen LogP contribution in [0.2, 0.25) is 0 Å². The van der Waals surface area contributed by atoms with Gasteiger partial charge in [0.05, 0.1) is 11.7 Å². The van der Waals surface area contributed by atoms with Crippen molar-refractivity contribution in [3.05, 3.63) is 65.2 Å². The lowest BCUT2D eigenvalue weighted by atomic mass is 9.97. The predicted molar refractivity (Wildman–Crippen MR) is 127 cm³/mol. The minimum Gasteiger partial charge on any atom is -0.490 e. The SMILES string of the molecule is N#Cc1c(N)nc(SCc2ccccc2N)c(C#N)c1-c1ccc(OC2CCCC2)cc1. The molecule has 7 heteroatoms. The van der Waals surface area contributed by atoms with Gasteiger partial charge in [0.2, 0.25) is 0 Å². The van der Waals surface area contributed by atoms with Crippen molar-refractivity contribution in [3.63, 3.8) is 0 Å². The molecule has 0 amide bonds. The first-order valence-electron chi connectivity index (χ1n) is 10.5. The number of nitrogens with two attached hydrogens (primary N) is 2. The Bertz CT molecular complexity index is 1200. The zero-order chi connectivity index (χ0) is 22.5. The van der Waals surface area contributed by atoms with Gasteiger partial charge in [-0.05, 0) is 55.0 Å². The monoisotopic (exact) mass is 441 g/mol. The minimum atomic E-state index is 0.108. The zero-order valence-corrected chi connectivity index (χ0v) is 18.4. The molecule has 1 aliphatic carbocycles. The summed E-state index contributed by atoms with van der Waals surface area (Å²) < 4.78 is 6.04. The van der Waals surface area contributed by atoms with E-state index in [0.717, 1.165) is 29.7 Å². The Morgan fingerprint density at radius 2 is 1.66 bits per heavy atom. The van der Waals surface area contributed by atoms with Crippen molar-refractivity contribution in [1.82, 2.24) is 4.98 Å². The molecule has 0 unspecified atom stereocenters. The first-order chi connectivity index (χ1) is 15.6. The van der Waals surface area contributed by atoms with Crippen LogP contribution in [-0.2, 0) is 5.75 Å². The highest BCUT2D eigenvalue weighted by molar-refractivity contribution is 7.98. The van der Waals surface area contributed by atoms with Gasteiger partial charge in [-0.3, -0.25) is 0 Å². The highest BCUT2D eigenvalue weighted by atomic mass is 32.2. The summed E-state index contributed by atoms with van der Waals surface area (Å²) in [6.07, 6.45) is 4.81. The van der Waals surface area contributed by atoms with Crippen LogP contribution >= 0.6 is 11.8 Å². The van der Waals surface area contributed by atoms with E-state index in [2.05, 4.69) is 17.1 Å². The van der Waals surface area contributed by atoms with Gasteiger partial charge >= 0.3 is 0 Å². The molecule has 32 heavy (non-hydrogen) atoms. The molecule has 1 aliphatic rings. The molecule has 0 atom stereocenters. The minimum absolute atomic E-state index is 0.108. The number of hydrogen-bond acceptors (Lipinski definition) is 7. The predicted octanol–water partition coefficient (Wildman–Crippen LogP) is 5.27. The Balaban J connectivity index is 1.68. The first-order valence-corrected chi connectivity index (χ1v) is 11.5. The van der Waals surface area contributed by atoms with E-state index in [4.69, 9.17) is 16.2 Å². The van der Waals surface area contributed by atoms with Gasteiger partial charge in [0, 0.05) is 17.0 Å². The third-order valence-corrected chi connectivity index (χ3v) is 6.61. The molecule has 1 saturated carbocycles. The van der Waals surface area contributed by atoms with Crippen molar-refractivity contribution in [3.8, 4) is 29.0 Å². The fraction of sp³-hybridized carbons (Fsp3) is 0.240. The molecule has 1 heterocycles. The Labute approximate surface area is 191 Å². The lowest BCUT2D eigenvalue weighted by Crippen LogP contribution is -2.10. The van der Waals surface area contributed by atoms with E-state index in [0.29, 0.717) is 27.6 Å². The largest absolute Gasteiger partial charge is 0.490 e. The van der Waals surface area contributed by atoms with Gasteiger partial charge in [-0.25, -0.2) is 4.98 Å². The smallest absolute Gasteiger partial charge is 0.143 e. The normalized spacial score (nSPS) is 13.4. The molecule has 0 radical (unpaired) electrons. The molecular formula is C25H23N5OS.